The number of amides is 1. The molecule has 1 amide bonds. The number of carbonyl (C=O) groups is 2. The average molecular weight is 372 g/mol. The number of hydrogen-bond acceptors (Lipinski definition) is 4. The summed E-state index contributed by atoms with van der Waals surface area (Å²) >= 11 is 0. The van der Waals surface area contributed by atoms with Crippen LogP contribution in [0.25, 0.3) is 0 Å². The van der Waals surface area contributed by atoms with Gasteiger partial charge in [-0.3, -0.25) is 14.5 Å². The Balaban J connectivity index is 1.34. The van der Waals surface area contributed by atoms with Crippen molar-refractivity contribution >= 4 is 11.9 Å². The fourth-order valence-corrected chi connectivity index (χ4v) is 5.05. The number of carboxylic acids is 1. The zero-order valence-electron chi connectivity index (χ0n) is 15.7. The fraction of sp³-hybridized carbons (Fsp3) is 0.619. The van der Waals surface area contributed by atoms with Gasteiger partial charge in [0, 0.05) is 44.6 Å². The summed E-state index contributed by atoms with van der Waals surface area (Å²) in [5, 5.41) is 9.96. The summed E-state index contributed by atoms with van der Waals surface area (Å²) in [6.45, 7) is 3.41. The number of rotatable bonds is 6. The maximum absolute atomic E-state index is 12.8. The van der Waals surface area contributed by atoms with E-state index >= 15 is 0 Å². The Bertz CT molecular complexity index is 689. The van der Waals surface area contributed by atoms with Crippen LogP contribution >= 0.6 is 0 Å². The first-order valence-electron chi connectivity index (χ1n) is 10.0. The SMILES string of the molecule is O=C(C1CCCC1)N1C[C@@H]2CN(CCOc3ccccc3)C[C@]2(C(=O)O)C1. The summed E-state index contributed by atoms with van der Waals surface area (Å²) in [7, 11) is 0. The van der Waals surface area contributed by atoms with Crippen LogP contribution in [0.1, 0.15) is 25.7 Å². The molecule has 146 valence electrons. The molecular formula is C21H28N2O4. The molecule has 1 aromatic rings. The number of nitrogens with zero attached hydrogens (tertiary/aromatic N) is 2. The minimum absolute atomic E-state index is 0.0112. The Hall–Kier alpha value is -2.08. The average Bonchev–Trinajstić information content (AvgIpc) is 3.37. The molecule has 6 nitrogen and oxygen atoms in total. The number of fused-ring (bicyclic) bond motifs is 1. The molecule has 2 aliphatic heterocycles. The molecular weight excluding hydrogens is 344 g/mol. The molecule has 1 aliphatic carbocycles. The Kier molecular flexibility index (Phi) is 5.08. The number of para-hydroxylation sites is 1. The van der Waals surface area contributed by atoms with E-state index in [0.29, 0.717) is 32.8 Å². The number of likely N-dealkylation sites (tertiary alicyclic amines) is 2. The lowest BCUT2D eigenvalue weighted by Gasteiger charge is -2.26. The topological polar surface area (TPSA) is 70.1 Å². The lowest BCUT2D eigenvalue weighted by molar-refractivity contribution is -0.149. The summed E-state index contributed by atoms with van der Waals surface area (Å²) < 4.78 is 5.76. The third-order valence-corrected chi connectivity index (χ3v) is 6.54. The van der Waals surface area contributed by atoms with Crippen molar-refractivity contribution in [2.45, 2.75) is 25.7 Å². The standard InChI is InChI=1S/C21H28N2O4/c24-19(16-6-4-5-7-16)23-13-17-12-22(14-21(17,15-23)20(25)26)10-11-27-18-8-2-1-3-9-18/h1-3,8-9,16-17H,4-7,10-15H2,(H,25,26)/t17-,21-/m0/s1. The second-order valence-electron chi connectivity index (χ2n) is 8.25. The van der Waals surface area contributed by atoms with Crippen molar-refractivity contribution in [2.24, 2.45) is 17.3 Å². The molecule has 0 aromatic heterocycles. The first-order chi connectivity index (χ1) is 13.1. The van der Waals surface area contributed by atoms with Gasteiger partial charge in [0.05, 0.1) is 0 Å². The van der Waals surface area contributed by atoms with Gasteiger partial charge in [-0.05, 0) is 25.0 Å². The van der Waals surface area contributed by atoms with Gasteiger partial charge in [-0.1, -0.05) is 31.0 Å². The van der Waals surface area contributed by atoms with Crippen LogP contribution in [0.5, 0.6) is 5.75 Å². The van der Waals surface area contributed by atoms with E-state index in [4.69, 9.17) is 4.74 Å². The summed E-state index contributed by atoms with van der Waals surface area (Å²) in [6.07, 6.45) is 4.16. The fourth-order valence-electron chi connectivity index (χ4n) is 5.05. The second-order valence-corrected chi connectivity index (χ2v) is 8.25. The van der Waals surface area contributed by atoms with Crippen molar-refractivity contribution in [3.63, 3.8) is 0 Å². The Morgan fingerprint density at radius 3 is 2.52 bits per heavy atom. The molecule has 2 heterocycles. The van der Waals surface area contributed by atoms with Gasteiger partial charge in [0.1, 0.15) is 17.8 Å². The molecule has 1 saturated carbocycles. The predicted molar refractivity (Wildman–Crippen MR) is 100 cm³/mol. The molecule has 3 fully saturated rings. The number of hydrogen-bond donors (Lipinski definition) is 1. The number of carboxylic acid groups (broad SMARTS) is 1. The maximum atomic E-state index is 12.8. The van der Waals surface area contributed by atoms with Crippen molar-refractivity contribution in [3.05, 3.63) is 30.3 Å². The molecule has 0 radical (unpaired) electrons. The number of aliphatic carboxylic acids is 1. The summed E-state index contributed by atoms with van der Waals surface area (Å²) in [5.74, 6) is 0.377. The highest BCUT2D eigenvalue weighted by Crippen LogP contribution is 2.43. The van der Waals surface area contributed by atoms with E-state index in [1.54, 1.807) is 0 Å². The molecule has 0 bridgehead atoms. The van der Waals surface area contributed by atoms with E-state index in [1.165, 1.54) is 0 Å². The second kappa shape index (κ2) is 7.50. The van der Waals surface area contributed by atoms with Gasteiger partial charge in [0.2, 0.25) is 5.91 Å². The summed E-state index contributed by atoms with van der Waals surface area (Å²) in [4.78, 5) is 28.9. The van der Waals surface area contributed by atoms with Gasteiger partial charge in [-0.15, -0.1) is 0 Å². The Labute approximate surface area is 160 Å². The molecule has 1 aromatic carbocycles. The third kappa shape index (κ3) is 3.55. The van der Waals surface area contributed by atoms with Crippen molar-refractivity contribution in [2.75, 3.05) is 39.3 Å². The zero-order valence-corrected chi connectivity index (χ0v) is 15.7. The molecule has 2 saturated heterocycles. The highest BCUT2D eigenvalue weighted by atomic mass is 16.5. The summed E-state index contributed by atoms with van der Waals surface area (Å²) in [6, 6.07) is 9.66. The number of carbonyl (C=O) groups excluding carboxylic acids is 1. The lowest BCUT2D eigenvalue weighted by Crippen LogP contribution is -2.43. The van der Waals surface area contributed by atoms with Gasteiger partial charge >= 0.3 is 5.97 Å². The molecule has 0 spiro atoms. The lowest BCUT2D eigenvalue weighted by atomic mass is 9.81. The molecule has 0 unspecified atom stereocenters. The van der Waals surface area contributed by atoms with Crippen molar-refractivity contribution in [3.8, 4) is 5.75 Å². The van der Waals surface area contributed by atoms with Crippen LogP contribution in [0.15, 0.2) is 30.3 Å². The van der Waals surface area contributed by atoms with E-state index < -0.39 is 11.4 Å². The quantitative estimate of drug-likeness (QED) is 0.828. The number of benzene rings is 1. The first kappa shape index (κ1) is 18.3. The van der Waals surface area contributed by atoms with Crippen molar-refractivity contribution in [1.82, 2.24) is 9.80 Å². The van der Waals surface area contributed by atoms with E-state index in [2.05, 4.69) is 4.90 Å². The monoisotopic (exact) mass is 372 g/mol. The maximum Gasteiger partial charge on any atom is 0.313 e. The van der Waals surface area contributed by atoms with Crippen LogP contribution in [-0.2, 0) is 9.59 Å². The van der Waals surface area contributed by atoms with Crippen LogP contribution in [0.3, 0.4) is 0 Å². The Morgan fingerprint density at radius 1 is 1.11 bits per heavy atom. The highest BCUT2D eigenvalue weighted by molar-refractivity contribution is 5.83. The normalized spacial score (nSPS) is 28.4. The number of ether oxygens (including phenoxy) is 1. The Morgan fingerprint density at radius 2 is 1.85 bits per heavy atom. The van der Waals surface area contributed by atoms with E-state index in [-0.39, 0.29) is 17.7 Å². The largest absolute Gasteiger partial charge is 0.492 e. The molecule has 4 rings (SSSR count). The van der Waals surface area contributed by atoms with Gasteiger partial charge in [0.25, 0.3) is 0 Å². The van der Waals surface area contributed by atoms with Crippen LogP contribution in [0.2, 0.25) is 0 Å². The molecule has 2 atom stereocenters. The van der Waals surface area contributed by atoms with Gasteiger partial charge in [-0.25, -0.2) is 0 Å². The van der Waals surface area contributed by atoms with E-state index in [9.17, 15) is 14.7 Å². The van der Waals surface area contributed by atoms with Crippen LogP contribution in [0, 0.1) is 17.3 Å². The van der Waals surface area contributed by atoms with Crippen LogP contribution in [-0.4, -0.2) is 66.1 Å². The van der Waals surface area contributed by atoms with Gasteiger partial charge in [-0.2, -0.15) is 0 Å². The molecule has 1 N–H and O–H groups in total. The molecule has 6 heteroatoms. The van der Waals surface area contributed by atoms with E-state index in [1.807, 2.05) is 35.2 Å². The van der Waals surface area contributed by atoms with E-state index in [0.717, 1.165) is 38.0 Å². The van der Waals surface area contributed by atoms with Crippen molar-refractivity contribution < 1.29 is 19.4 Å². The smallest absolute Gasteiger partial charge is 0.313 e. The zero-order chi connectivity index (χ0) is 18.9. The van der Waals surface area contributed by atoms with Gasteiger partial charge < -0.3 is 14.7 Å². The van der Waals surface area contributed by atoms with Crippen LogP contribution in [0.4, 0.5) is 0 Å². The van der Waals surface area contributed by atoms with Crippen molar-refractivity contribution in [1.29, 1.82) is 0 Å². The first-order valence-corrected chi connectivity index (χ1v) is 10.0. The highest BCUT2D eigenvalue weighted by Gasteiger charge is 2.58. The molecule has 27 heavy (non-hydrogen) atoms. The third-order valence-electron chi connectivity index (χ3n) is 6.54. The minimum Gasteiger partial charge on any atom is -0.492 e. The minimum atomic E-state index is -0.818. The van der Waals surface area contributed by atoms with Gasteiger partial charge in [0.15, 0.2) is 0 Å². The molecule has 3 aliphatic rings. The summed E-state index contributed by atoms with van der Waals surface area (Å²) in [5.41, 5.74) is -0.818. The van der Waals surface area contributed by atoms with Crippen LogP contribution < -0.4 is 4.74 Å². The predicted octanol–water partition coefficient (Wildman–Crippen LogP) is 2.10.